The lowest BCUT2D eigenvalue weighted by Crippen LogP contribution is -2.38. The molecule has 0 spiro atoms. The minimum Gasteiger partial charge on any atom is -0.307 e. The van der Waals surface area contributed by atoms with Gasteiger partial charge in [-0.05, 0) is 64.8 Å². The Morgan fingerprint density at radius 1 is 1.13 bits per heavy atom. The van der Waals surface area contributed by atoms with Crippen LogP contribution in [0, 0.1) is 6.92 Å². The maximum absolute atomic E-state index is 13.0. The van der Waals surface area contributed by atoms with Gasteiger partial charge in [0, 0.05) is 24.7 Å². The summed E-state index contributed by atoms with van der Waals surface area (Å²) in [6.45, 7) is 7.91. The molecule has 1 N–H and O–H groups in total. The summed E-state index contributed by atoms with van der Waals surface area (Å²) < 4.78 is 29.2. The van der Waals surface area contributed by atoms with Crippen LogP contribution in [0.15, 0.2) is 35.2 Å². The molecule has 8 heteroatoms. The lowest BCUT2D eigenvalue weighted by Gasteiger charge is -2.30. The first-order valence-corrected chi connectivity index (χ1v) is 11.9. The van der Waals surface area contributed by atoms with Crippen LogP contribution >= 0.6 is 0 Å². The third kappa shape index (κ3) is 4.75. The van der Waals surface area contributed by atoms with E-state index in [9.17, 15) is 13.2 Å². The van der Waals surface area contributed by atoms with Crippen molar-refractivity contribution in [2.24, 2.45) is 0 Å². The molecular weight excluding hydrogens is 400 g/mol. The van der Waals surface area contributed by atoms with E-state index in [-0.39, 0.29) is 22.4 Å². The first-order chi connectivity index (χ1) is 14.0. The van der Waals surface area contributed by atoms with Gasteiger partial charge in [-0.1, -0.05) is 19.3 Å². The molecule has 30 heavy (non-hydrogen) atoms. The van der Waals surface area contributed by atoms with Crippen molar-refractivity contribution in [3.05, 3.63) is 41.6 Å². The highest BCUT2D eigenvalue weighted by molar-refractivity contribution is 7.89. The van der Waals surface area contributed by atoms with Crippen LogP contribution in [-0.2, 0) is 15.6 Å². The van der Waals surface area contributed by atoms with Crippen molar-refractivity contribution >= 4 is 21.7 Å². The second-order valence-corrected chi connectivity index (χ2v) is 11.0. The second kappa shape index (κ2) is 8.51. The van der Waals surface area contributed by atoms with Gasteiger partial charge in [0.1, 0.15) is 5.82 Å². The van der Waals surface area contributed by atoms with E-state index in [1.165, 1.54) is 22.9 Å². The maximum Gasteiger partial charge on any atom is 0.256 e. The largest absolute Gasteiger partial charge is 0.307 e. The van der Waals surface area contributed by atoms with E-state index in [1.807, 2.05) is 33.8 Å². The summed E-state index contributed by atoms with van der Waals surface area (Å²) in [6.07, 6.45) is 5.10. The van der Waals surface area contributed by atoms with Gasteiger partial charge in [0.25, 0.3) is 5.91 Å². The van der Waals surface area contributed by atoms with E-state index in [0.29, 0.717) is 11.4 Å². The van der Waals surface area contributed by atoms with Gasteiger partial charge >= 0.3 is 0 Å². The van der Waals surface area contributed by atoms with E-state index in [1.54, 1.807) is 23.9 Å². The van der Waals surface area contributed by atoms with Gasteiger partial charge in [-0.25, -0.2) is 13.1 Å². The number of carbonyl (C=O) groups excluding carboxylic acids is 1. The molecule has 0 atom stereocenters. The number of aryl methyl sites for hydroxylation is 1. The molecule has 0 radical (unpaired) electrons. The second-order valence-electron chi connectivity index (χ2n) is 9.05. The number of hydrogen-bond acceptors (Lipinski definition) is 4. The molecule has 0 bridgehead atoms. The topological polar surface area (TPSA) is 84.3 Å². The van der Waals surface area contributed by atoms with Crippen molar-refractivity contribution in [1.82, 2.24) is 14.1 Å². The Balaban J connectivity index is 1.76. The zero-order valence-corrected chi connectivity index (χ0v) is 19.3. The standard InChI is InChI=1S/C22H32N4O3S/c1-16-15-20(26(24-16)22(2,3)4)23-21(27)17-11-13-19(14-12-17)30(28,29)25(5)18-9-7-6-8-10-18/h11-15,18H,6-10H2,1-5H3,(H,23,27). The molecule has 1 aromatic carbocycles. The van der Waals surface area contributed by atoms with Gasteiger partial charge in [-0.3, -0.25) is 4.79 Å². The summed E-state index contributed by atoms with van der Waals surface area (Å²) in [5, 5.41) is 7.34. The lowest BCUT2D eigenvalue weighted by molar-refractivity contribution is 0.102. The Hall–Kier alpha value is -2.19. The predicted octanol–water partition coefficient (Wildman–Crippen LogP) is 4.15. The van der Waals surface area contributed by atoms with E-state index in [2.05, 4.69) is 10.4 Å². The summed E-state index contributed by atoms with van der Waals surface area (Å²) >= 11 is 0. The Kier molecular flexibility index (Phi) is 6.38. The highest BCUT2D eigenvalue weighted by Crippen LogP contribution is 2.27. The van der Waals surface area contributed by atoms with Crippen LogP contribution in [0.25, 0.3) is 0 Å². The summed E-state index contributed by atoms with van der Waals surface area (Å²) in [6, 6.07) is 8.00. The number of benzene rings is 1. The molecule has 1 saturated carbocycles. The summed E-state index contributed by atoms with van der Waals surface area (Å²) in [5.74, 6) is 0.309. The zero-order valence-electron chi connectivity index (χ0n) is 18.5. The summed E-state index contributed by atoms with van der Waals surface area (Å²) in [4.78, 5) is 12.9. The van der Waals surface area contributed by atoms with Gasteiger partial charge in [0.15, 0.2) is 0 Å². The van der Waals surface area contributed by atoms with Crippen molar-refractivity contribution in [1.29, 1.82) is 0 Å². The van der Waals surface area contributed by atoms with E-state index in [0.717, 1.165) is 31.4 Å². The first-order valence-electron chi connectivity index (χ1n) is 10.5. The monoisotopic (exact) mass is 432 g/mol. The van der Waals surface area contributed by atoms with Crippen LogP contribution in [0.2, 0.25) is 0 Å². The van der Waals surface area contributed by atoms with E-state index >= 15 is 0 Å². The van der Waals surface area contributed by atoms with E-state index in [4.69, 9.17) is 0 Å². The average Bonchev–Trinajstić information content (AvgIpc) is 3.08. The number of amides is 1. The van der Waals surface area contributed by atoms with Gasteiger partial charge in [-0.15, -0.1) is 0 Å². The van der Waals surface area contributed by atoms with Crippen molar-refractivity contribution in [3.8, 4) is 0 Å². The number of sulfonamides is 1. The SMILES string of the molecule is Cc1cc(NC(=O)c2ccc(S(=O)(=O)N(C)C3CCCCC3)cc2)n(C(C)(C)C)n1. The lowest BCUT2D eigenvalue weighted by atomic mass is 9.96. The molecule has 0 unspecified atom stereocenters. The van der Waals surface area contributed by atoms with E-state index < -0.39 is 10.0 Å². The van der Waals surface area contributed by atoms with Crippen LogP contribution in [0.4, 0.5) is 5.82 Å². The molecule has 2 aromatic rings. The highest BCUT2D eigenvalue weighted by Gasteiger charge is 2.29. The van der Waals surface area contributed by atoms with Gasteiger partial charge < -0.3 is 5.32 Å². The Morgan fingerprint density at radius 3 is 2.30 bits per heavy atom. The molecule has 1 amide bonds. The Labute approximate surface area is 179 Å². The quantitative estimate of drug-likeness (QED) is 0.769. The molecule has 7 nitrogen and oxygen atoms in total. The molecular formula is C22H32N4O3S. The smallest absolute Gasteiger partial charge is 0.256 e. The average molecular weight is 433 g/mol. The molecule has 1 aliphatic carbocycles. The number of nitrogens with one attached hydrogen (secondary N) is 1. The third-order valence-electron chi connectivity index (χ3n) is 5.59. The minimum atomic E-state index is -3.58. The van der Waals surface area contributed by atoms with Crippen LogP contribution in [0.5, 0.6) is 0 Å². The molecule has 3 rings (SSSR count). The van der Waals surface area contributed by atoms with Gasteiger partial charge in [0.2, 0.25) is 10.0 Å². The number of nitrogens with zero attached hydrogens (tertiary/aromatic N) is 3. The summed E-state index contributed by atoms with van der Waals surface area (Å²) in [5.41, 5.74) is 0.930. The predicted molar refractivity (Wildman–Crippen MR) is 118 cm³/mol. The molecule has 0 saturated heterocycles. The number of anilines is 1. The third-order valence-corrected chi connectivity index (χ3v) is 7.52. The number of carbonyl (C=O) groups is 1. The molecule has 1 fully saturated rings. The highest BCUT2D eigenvalue weighted by atomic mass is 32.2. The van der Waals surface area contributed by atoms with Crippen LogP contribution in [0.3, 0.4) is 0 Å². The number of hydrogen-bond donors (Lipinski definition) is 1. The van der Waals surface area contributed by atoms with Crippen LogP contribution in [-0.4, -0.2) is 41.5 Å². The number of aromatic nitrogens is 2. The number of rotatable bonds is 5. The van der Waals surface area contributed by atoms with Crippen LogP contribution in [0.1, 0.15) is 68.9 Å². The van der Waals surface area contributed by atoms with Crippen molar-refractivity contribution in [2.75, 3.05) is 12.4 Å². The van der Waals surface area contributed by atoms with Crippen molar-refractivity contribution in [3.63, 3.8) is 0 Å². The Bertz CT molecular complexity index is 998. The van der Waals surface area contributed by atoms with Crippen molar-refractivity contribution in [2.45, 2.75) is 76.3 Å². The molecule has 1 aliphatic rings. The van der Waals surface area contributed by atoms with Crippen LogP contribution < -0.4 is 5.32 Å². The molecule has 1 heterocycles. The molecule has 0 aliphatic heterocycles. The summed E-state index contributed by atoms with van der Waals surface area (Å²) in [7, 11) is -1.92. The van der Waals surface area contributed by atoms with Gasteiger partial charge in [0.05, 0.1) is 16.1 Å². The zero-order chi connectivity index (χ0) is 22.1. The maximum atomic E-state index is 13.0. The van der Waals surface area contributed by atoms with Crippen molar-refractivity contribution < 1.29 is 13.2 Å². The Morgan fingerprint density at radius 2 is 1.73 bits per heavy atom. The minimum absolute atomic E-state index is 0.0487. The first kappa shape index (κ1) is 22.5. The molecule has 1 aromatic heterocycles. The fraction of sp³-hybridized carbons (Fsp3) is 0.545. The fourth-order valence-corrected chi connectivity index (χ4v) is 5.29. The molecule has 164 valence electrons. The van der Waals surface area contributed by atoms with Gasteiger partial charge in [-0.2, -0.15) is 9.40 Å². The normalized spacial score (nSPS) is 16.1. The fourth-order valence-electron chi connectivity index (χ4n) is 3.87.